The first-order valence-corrected chi connectivity index (χ1v) is 5.32. The normalized spacial score (nSPS) is 32.1. The van der Waals surface area contributed by atoms with Crippen LogP contribution in [-0.4, -0.2) is 49.2 Å². The molecule has 2 aliphatic rings. The minimum Gasteiger partial charge on any atom is -0.373 e. The molecule has 0 bridgehead atoms. The summed E-state index contributed by atoms with van der Waals surface area (Å²) in [7, 11) is 0. The summed E-state index contributed by atoms with van der Waals surface area (Å²) in [6, 6.07) is 0.353. The van der Waals surface area contributed by atoms with Crippen molar-refractivity contribution in [2.75, 3.05) is 26.2 Å². The van der Waals surface area contributed by atoms with Gasteiger partial charge in [-0.25, -0.2) is 0 Å². The number of morpholine rings is 1. The minimum atomic E-state index is 0.0927. The average molecular weight is 198 g/mol. The number of fused-ring (bicyclic) bond motifs is 1. The molecule has 1 N–H and O–H groups in total. The van der Waals surface area contributed by atoms with Crippen LogP contribution in [-0.2, 0) is 9.53 Å². The van der Waals surface area contributed by atoms with E-state index >= 15 is 0 Å². The first kappa shape index (κ1) is 9.93. The van der Waals surface area contributed by atoms with E-state index in [1.54, 1.807) is 0 Å². The molecule has 2 atom stereocenters. The number of amides is 1. The van der Waals surface area contributed by atoms with Gasteiger partial charge in [0.25, 0.3) is 0 Å². The molecule has 4 nitrogen and oxygen atoms in total. The Bertz CT molecular complexity index is 216. The fourth-order valence-corrected chi connectivity index (χ4v) is 2.14. The maximum Gasteiger partial charge on any atom is 0.225 e. The first-order chi connectivity index (χ1) is 6.68. The van der Waals surface area contributed by atoms with Gasteiger partial charge in [0, 0.05) is 25.6 Å². The van der Waals surface area contributed by atoms with Gasteiger partial charge in [0.05, 0.1) is 18.8 Å². The Balaban J connectivity index is 1.95. The monoisotopic (exact) mass is 198 g/mol. The molecule has 2 rings (SSSR count). The number of likely N-dealkylation sites (tertiary alicyclic amines) is 1. The maximum absolute atomic E-state index is 11.7. The van der Waals surface area contributed by atoms with Crippen molar-refractivity contribution in [3.8, 4) is 0 Å². The second-order valence-corrected chi connectivity index (χ2v) is 4.37. The quantitative estimate of drug-likeness (QED) is 0.636. The largest absolute Gasteiger partial charge is 0.373 e. The summed E-state index contributed by atoms with van der Waals surface area (Å²) >= 11 is 0. The second kappa shape index (κ2) is 3.87. The standard InChI is InChI=1S/C10H18N2O2/c1-7(2)10(13)12-5-8-9(6-12)14-4-3-11-8/h7-9,11H,3-6H2,1-2H3. The van der Waals surface area contributed by atoms with Gasteiger partial charge in [0.1, 0.15) is 0 Å². The van der Waals surface area contributed by atoms with Crippen LogP contribution in [0, 0.1) is 5.92 Å². The molecule has 0 radical (unpaired) electrons. The molecule has 0 aromatic rings. The Morgan fingerprint density at radius 3 is 2.93 bits per heavy atom. The van der Waals surface area contributed by atoms with E-state index in [0.717, 1.165) is 26.2 Å². The van der Waals surface area contributed by atoms with Gasteiger partial charge in [0.2, 0.25) is 5.91 Å². The van der Waals surface area contributed by atoms with Gasteiger partial charge in [-0.3, -0.25) is 4.79 Å². The summed E-state index contributed by atoms with van der Waals surface area (Å²) in [6.45, 7) is 7.13. The van der Waals surface area contributed by atoms with Crippen LogP contribution >= 0.6 is 0 Å². The van der Waals surface area contributed by atoms with E-state index < -0.39 is 0 Å². The van der Waals surface area contributed by atoms with Crippen LogP contribution in [0.25, 0.3) is 0 Å². The molecule has 2 saturated heterocycles. The third-order valence-electron chi connectivity index (χ3n) is 2.91. The fraction of sp³-hybridized carbons (Fsp3) is 0.900. The van der Waals surface area contributed by atoms with Crippen LogP contribution in [0.3, 0.4) is 0 Å². The Hall–Kier alpha value is -0.610. The van der Waals surface area contributed by atoms with Crippen molar-refractivity contribution in [3.63, 3.8) is 0 Å². The Labute approximate surface area is 84.6 Å². The average Bonchev–Trinajstić information content (AvgIpc) is 2.59. The highest BCUT2D eigenvalue weighted by molar-refractivity contribution is 5.78. The third kappa shape index (κ3) is 1.77. The molecule has 4 heteroatoms. The van der Waals surface area contributed by atoms with Crippen molar-refractivity contribution in [1.29, 1.82) is 0 Å². The molecule has 1 amide bonds. The van der Waals surface area contributed by atoms with E-state index in [4.69, 9.17) is 4.74 Å². The van der Waals surface area contributed by atoms with E-state index in [1.165, 1.54) is 0 Å². The summed E-state index contributed by atoms with van der Waals surface area (Å²) in [6.07, 6.45) is 0.214. The van der Waals surface area contributed by atoms with Gasteiger partial charge in [-0.15, -0.1) is 0 Å². The number of hydrogen-bond acceptors (Lipinski definition) is 3. The first-order valence-electron chi connectivity index (χ1n) is 5.32. The summed E-state index contributed by atoms with van der Waals surface area (Å²) in [5.74, 6) is 0.333. The van der Waals surface area contributed by atoms with Crippen molar-refractivity contribution >= 4 is 5.91 Å². The highest BCUT2D eigenvalue weighted by Gasteiger charge is 2.37. The van der Waals surface area contributed by atoms with Crippen LogP contribution in [0.1, 0.15) is 13.8 Å². The van der Waals surface area contributed by atoms with Crippen molar-refractivity contribution in [2.24, 2.45) is 5.92 Å². The predicted molar refractivity (Wildman–Crippen MR) is 52.9 cm³/mol. The van der Waals surface area contributed by atoms with E-state index in [0.29, 0.717) is 6.04 Å². The molecule has 0 aromatic carbocycles. The van der Waals surface area contributed by atoms with E-state index in [2.05, 4.69) is 5.32 Å². The Kier molecular flexibility index (Phi) is 2.74. The summed E-state index contributed by atoms with van der Waals surface area (Å²) in [5, 5.41) is 3.39. The highest BCUT2D eigenvalue weighted by Crippen LogP contribution is 2.18. The lowest BCUT2D eigenvalue weighted by atomic mass is 10.2. The SMILES string of the molecule is CC(C)C(=O)N1CC2NCCOC2C1. The molecule has 80 valence electrons. The van der Waals surface area contributed by atoms with Crippen LogP contribution in [0.2, 0.25) is 0 Å². The fourth-order valence-electron chi connectivity index (χ4n) is 2.14. The molecule has 0 spiro atoms. The van der Waals surface area contributed by atoms with Gasteiger partial charge >= 0.3 is 0 Å². The van der Waals surface area contributed by atoms with E-state index in [1.807, 2.05) is 18.7 Å². The molecular weight excluding hydrogens is 180 g/mol. The zero-order valence-electron chi connectivity index (χ0n) is 8.82. The molecule has 0 aromatic heterocycles. The van der Waals surface area contributed by atoms with Gasteiger partial charge in [-0.1, -0.05) is 13.8 Å². The highest BCUT2D eigenvalue weighted by atomic mass is 16.5. The molecule has 2 heterocycles. The van der Waals surface area contributed by atoms with E-state index in [-0.39, 0.29) is 17.9 Å². The van der Waals surface area contributed by atoms with Crippen molar-refractivity contribution < 1.29 is 9.53 Å². The molecule has 0 saturated carbocycles. The van der Waals surface area contributed by atoms with Crippen LogP contribution in [0.15, 0.2) is 0 Å². The third-order valence-corrected chi connectivity index (χ3v) is 2.91. The minimum absolute atomic E-state index is 0.0927. The molecule has 2 aliphatic heterocycles. The van der Waals surface area contributed by atoms with E-state index in [9.17, 15) is 4.79 Å². The molecular formula is C10H18N2O2. The van der Waals surface area contributed by atoms with Crippen molar-refractivity contribution in [2.45, 2.75) is 26.0 Å². The summed E-state index contributed by atoms with van der Waals surface area (Å²) in [5.41, 5.74) is 0. The van der Waals surface area contributed by atoms with Crippen LogP contribution in [0.4, 0.5) is 0 Å². The second-order valence-electron chi connectivity index (χ2n) is 4.37. The number of carbonyl (C=O) groups is 1. The number of hydrogen-bond donors (Lipinski definition) is 1. The summed E-state index contributed by atoms with van der Waals surface area (Å²) < 4.78 is 5.61. The number of nitrogens with zero attached hydrogens (tertiary/aromatic N) is 1. The lowest BCUT2D eigenvalue weighted by molar-refractivity contribution is -0.133. The van der Waals surface area contributed by atoms with Crippen molar-refractivity contribution in [3.05, 3.63) is 0 Å². The number of carbonyl (C=O) groups excluding carboxylic acids is 1. The van der Waals surface area contributed by atoms with Crippen molar-refractivity contribution in [1.82, 2.24) is 10.2 Å². The van der Waals surface area contributed by atoms with Crippen LogP contribution in [0.5, 0.6) is 0 Å². The van der Waals surface area contributed by atoms with Gasteiger partial charge in [-0.2, -0.15) is 0 Å². The lowest BCUT2D eigenvalue weighted by Crippen LogP contribution is -2.47. The molecule has 0 aliphatic carbocycles. The molecule has 14 heavy (non-hydrogen) atoms. The van der Waals surface area contributed by atoms with Gasteiger partial charge < -0.3 is 15.0 Å². The number of nitrogens with one attached hydrogen (secondary N) is 1. The topological polar surface area (TPSA) is 41.6 Å². The number of ether oxygens (including phenoxy) is 1. The van der Waals surface area contributed by atoms with Gasteiger partial charge in [0.15, 0.2) is 0 Å². The summed E-state index contributed by atoms with van der Waals surface area (Å²) in [4.78, 5) is 13.6. The van der Waals surface area contributed by atoms with Gasteiger partial charge in [-0.05, 0) is 0 Å². The molecule has 2 unspecified atom stereocenters. The zero-order valence-corrected chi connectivity index (χ0v) is 8.82. The zero-order chi connectivity index (χ0) is 10.1. The Morgan fingerprint density at radius 2 is 2.29 bits per heavy atom. The number of rotatable bonds is 1. The lowest BCUT2D eigenvalue weighted by Gasteiger charge is -2.25. The molecule has 2 fully saturated rings. The smallest absolute Gasteiger partial charge is 0.225 e. The van der Waals surface area contributed by atoms with Crippen LogP contribution < -0.4 is 5.32 Å². The maximum atomic E-state index is 11.7. The Morgan fingerprint density at radius 1 is 1.50 bits per heavy atom. The predicted octanol–water partition coefficient (Wildman–Crippen LogP) is -0.158.